The molecule has 0 amide bonds. The van der Waals surface area contributed by atoms with Crippen molar-refractivity contribution in [3.63, 3.8) is 0 Å². The van der Waals surface area contributed by atoms with Crippen molar-refractivity contribution < 1.29 is 0 Å². The van der Waals surface area contributed by atoms with Crippen molar-refractivity contribution in [3.05, 3.63) is 16.5 Å². The van der Waals surface area contributed by atoms with Crippen LogP contribution in [0.5, 0.6) is 0 Å². The maximum atomic E-state index is 4.68. The molecule has 2 rings (SSSR count). The number of rotatable bonds is 3. The molecule has 1 aromatic heterocycles. The molecule has 2 heterocycles. The van der Waals surface area contributed by atoms with Gasteiger partial charge >= 0.3 is 0 Å². The Labute approximate surface area is 112 Å². The predicted molar refractivity (Wildman–Crippen MR) is 74.4 cm³/mol. The van der Waals surface area contributed by atoms with Crippen LogP contribution in [0.1, 0.15) is 45.4 Å². The van der Waals surface area contributed by atoms with Gasteiger partial charge in [-0.2, -0.15) is 0 Å². The number of nitrogens with zero attached hydrogens (tertiary/aromatic N) is 3. The fraction of sp³-hybridized carbons (Fsp3) is 0.692. The van der Waals surface area contributed by atoms with E-state index < -0.39 is 0 Å². The summed E-state index contributed by atoms with van der Waals surface area (Å²) >= 11 is 3.49. The third kappa shape index (κ3) is 3.18. The van der Waals surface area contributed by atoms with Crippen LogP contribution < -0.4 is 4.90 Å². The van der Waals surface area contributed by atoms with Crippen molar-refractivity contribution >= 4 is 21.7 Å². The molecular weight excluding hydrogens is 278 g/mol. The van der Waals surface area contributed by atoms with Crippen LogP contribution in [-0.2, 0) is 6.42 Å². The van der Waals surface area contributed by atoms with Crippen molar-refractivity contribution in [2.45, 2.75) is 52.0 Å². The molecule has 0 bridgehead atoms. The summed E-state index contributed by atoms with van der Waals surface area (Å²) in [5, 5.41) is 0. The van der Waals surface area contributed by atoms with Gasteiger partial charge in [0.15, 0.2) is 0 Å². The maximum Gasteiger partial charge on any atom is 0.133 e. The number of piperidine rings is 1. The van der Waals surface area contributed by atoms with E-state index in [1.807, 2.05) is 6.07 Å². The van der Waals surface area contributed by atoms with E-state index in [9.17, 15) is 0 Å². The van der Waals surface area contributed by atoms with Gasteiger partial charge in [0.2, 0.25) is 0 Å². The molecule has 1 saturated heterocycles. The molecule has 94 valence electrons. The molecule has 1 aliphatic heterocycles. The van der Waals surface area contributed by atoms with Crippen molar-refractivity contribution in [1.29, 1.82) is 0 Å². The molecule has 1 aromatic rings. The largest absolute Gasteiger partial charge is 0.354 e. The van der Waals surface area contributed by atoms with Crippen molar-refractivity contribution in [2.75, 3.05) is 11.4 Å². The van der Waals surface area contributed by atoms with Crippen molar-refractivity contribution in [1.82, 2.24) is 9.97 Å². The van der Waals surface area contributed by atoms with Gasteiger partial charge in [0.05, 0.1) is 0 Å². The Kier molecular flexibility index (Phi) is 4.37. The molecule has 3 nitrogen and oxygen atoms in total. The van der Waals surface area contributed by atoms with Crippen molar-refractivity contribution in [3.8, 4) is 0 Å². The Morgan fingerprint density at radius 1 is 1.41 bits per heavy atom. The van der Waals surface area contributed by atoms with Crippen LogP contribution in [0.15, 0.2) is 10.7 Å². The summed E-state index contributed by atoms with van der Waals surface area (Å²) in [4.78, 5) is 11.5. The monoisotopic (exact) mass is 297 g/mol. The highest BCUT2D eigenvalue weighted by molar-refractivity contribution is 9.10. The first-order valence-corrected chi connectivity index (χ1v) is 7.30. The maximum absolute atomic E-state index is 4.68. The van der Waals surface area contributed by atoms with Gasteiger partial charge in [0, 0.05) is 25.1 Å². The zero-order chi connectivity index (χ0) is 12.3. The van der Waals surface area contributed by atoms with Gasteiger partial charge in [0.25, 0.3) is 0 Å². The average Bonchev–Trinajstić information content (AvgIpc) is 2.29. The molecule has 1 aliphatic rings. The van der Waals surface area contributed by atoms with Gasteiger partial charge < -0.3 is 4.90 Å². The Morgan fingerprint density at radius 2 is 2.24 bits per heavy atom. The van der Waals surface area contributed by atoms with E-state index in [4.69, 9.17) is 0 Å². The number of aryl methyl sites for hydroxylation is 1. The lowest BCUT2D eigenvalue weighted by Crippen LogP contribution is -2.38. The third-order valence-corrected chi connectivity index (χ3v) is 3.70. The van der Waals surface area contributed by atoms with E-state index in [1.165, 1.54) is 19.3 Å². The smallest absolute Gasteiger partial charge is 0.133 e. The van der Waals surface area contributed by atoms with Gasteiger partial charge in [-0.1, -0.05) is 6.92 Å². The Balaban J connectivity index is 2.24. The highest BCUT2D eigenvalue weighted by Crippen LogP contribution is 2.24. The summed E-state index contributed by atoms with van der Waals surface area (Å²) in [6, 6.07) is 2.64. The molecule has 1 fully saturated rings. The molecule has 17 heavy (non-hydrogen) atoms. The first kappa shape index (κ1) is 12.8. The summed E-state index contributed by atoms with van der Waals surface area (Å²) in [6.07, 6.45) is 5.92. The normalized spacial score (nSPS) is 20.6. The number of hydrogen-bond donors (Lipinski definition) is 0. The molecular formula is C13H20BrN3. The standard InChI is InChI=1S/C13H20BrN3/c1-3-6-12-15-11(14)9-13(16-12)17-8-5-4-7-10(17)2/h9-10H,3-8H2,1-2H3. The van der Waals surface area contributed by atoms with Crippen LogP contribution in [0, 0.1) is 0 Å². The SMILES string of the molecule is CCCc1nc(Br)cc(N2CCCCC2C)n1. The summed E-state index contributed by atoms with van der Waals surface area (Å²) in [5.41, 5.74) is 0. The number of halogens is 1. The lowest BCUT2D eigenvalue weighted by Gasteiger charge is -2.34. The highest BCUT2D eigenvalue weighted by atomic mass is 79.9. The summed E-state index contributed by atoms with van der Waals surface area (Å²) in [7, 11) is 0. The van der Waals surface area contributed by atoms with E-state index in [-0.39, 0.29) is 0 Å². The summed E-state index contributed by atoms with van der Waals surface area (Å²) < 4.78 is 0.906. The van der Waals surface area contributed by atoms with Crippen molar-refractivity contribution in [2.24, 2.45) is 0 Å². The summed E-state index contributed by atoms with van der Waals surface area (Å²) in [6.45, 7) is 5.57. The molecule has 1 unspecified atom stereocenters. The quantitative estimate of drug-likeness (QED) is 0.799. The second-order valence-corrected chi connectivity index (χ2v) is 5.57. The van der Waals surface area contributed by atoms with E-state index in [2.05, 4.69) is 44.6 Å². The fourth-order valence-electron chi connectivity index (χ4n) is 2.37. The summed E-state index contributed by atoms with van der Waals surface area (Å²) in [5.74, 6) is 2.04. The van der Waals surface area contributed by atoms with Crippen LogP contribution >= 0.6 is 15.9 Å². The van der Waals surface area contributed by atoms with Gasteiger partial charge in [-0.15, -0.1) is 0 Å². The van der Waals surface area contributed by atoms with E-state index >= 15 is 0 Å². The molecule has 0 spiro atoms. The zero-order valence-electron chi connectivity index (χ0n) is 10.6. The second-order valence-electron chi connectivity index (χ2n) is 4.75. The van der Waals surface area contributed by atoms with E-state index in [1.54, 1.807) is 0 Å². The minimum absolute atomic E-state index is 0.597. The Hall–Kier alpha value is -0.640. The lowest BCUT2D eigenvalue weighted by atomic mass is 10.0. The first-order chi connectivity index (χ1) is 8.20. The minimum Gasteiger partial charge on any atom is -0.354 e. The van der Waals surface area contributed by atoms with Gasteiger partial charge in [0.1, 0.15) is 16.2 Å². The topological polar surface area (TPSA) is 29.0 Å². The average molecular weight is 298 g/mol. The molecule has 0 aliphatic carbocycles. The van der Waals surface area contributed by atoms with Crippen LogP contribution in [-0.4, -0.2) is 22.6 Å². The number of hydrogen-bond acceptors (Lipinski definition) is 3. The second kappa shape index (κ2) is 5.80. The van der Waals surface area contributed by atoms with Gasteiger partial charge in [-0.3, -0.25) is 0 Å². The predicted octanol–water partition coefficient (Wildman–Crippen LogP) is 3.57. The molecule has 4 heteroatoms. The zero-order valence-corrected chi connectivity index (χ0v) is 12.2. The Bertz CT molecular complexity index is 381. The number of aromatic nitrogens is 2. The molecule has 1 atom stereocenters. The lowest BCUT2D eigenvalue weighted by molar-refractivity contribution is 0.480. The van der Waals surface area contributed by atoms with Crippen LogP contribution in [0.3, 0.4) is 0 Å². The van der Waals surface area contributed by atoms with Crippen LogP contribution in [0.2, 0.25) is 0 Å². The van der Waals surface area contributed by atoms with Gasteiger partial charge in [-0.05, 0) is 48.5 Å². The molecule has 0 aromatic carbocycles. The first-order valence-electron chi connectivity index (χ1n) is 6.51. The molecule has 0 radical (unpaired) electrons. The fourth-order valence-corrected chi connectivity index (χ4v) is 2.78. The van der Waals surface area contributed by atoms with Gasteiger partial charge in [-0.25, -0.2) is 9.97 Å². The number of anilines is 1. The highest BCUT2D eigenvalue weighted by Gasteiger charge is 2.20. The third-order valence-electron chi connectivity index (χ3n) is 3.30. The van der Waals surface area contributed by atoms with E-state index in [0.29, 0.717) is 6.04 Å². The van der Waals surface area contributed by atoms with Crippen LogP contribution in [0.25, 0.3) is 0 Å². The van der Waals surface area contributed by atoms with E-state index in [0.717, 1.165) is 35.6 Å². The minimum atomic E-state index is 0.597. The molecule has 0 N–H and O–H groups in total. The van der Waals surface area contributed by atoms with Crippen LogP contribution in [0.4, 0.5) is 5.82 Å². The molecule has 0 saturated carbocycles. The Morgan fingerprint density at radius 3 is 2.94 bits per heavy atom.